The Kier molecular flexibility index (Phi) is 5.81. The van der Waals surface area contributed by atoms with Crippen LogP contribution in [0.25, 0.3) is 34.2 Å². The first-order valence-corrected chi connectivity index (χ1v) is 11.7. The molecule has 1 N–H and O–H groups in total. The molecule has 0 radical (unpaired) electrons. The largest absolute Gasteiger partial charge is 0.299 e. The number of Topliss-reactive ketones (excluding diaryl/α,β-unsaturated/α-hetero) is 1. The van der Waals surface area contributed by atoms with Gasteiger partial charge in [0.25, 0.3) is 5.69 Å². The van der Waals surface area contributed by atoms with Gasteiger partial charge in [-0.3, -0.25) is 20.0 Å². The molecular weight excluding hydrogens is 448 g/mol. The molecule has 5 rings (SSSR count). The fourth-order valence-corrected chi connectivity index (χ4v) is 4.58. The lowest BCUT2D eigenvalue weighted by atomic mass is 9.98. The lowest BCUT2D eigenvalue weighted by molar-refractivity contribution is -0.384. The van der Waals surface area contributed by atoms with Crippen molar-refractivity contribution in [2.75, 3.05) is 5.75 Å². The number of non-ortho nitro benzene ring substituents is 1. The summed E-state index contributed by atoms with van der Waals surface area (Å²) in [6.07, 6.45) is 3.04. The summed E-state index contributed by atoms with van der Waals surface area (Å²) >= 11 is 1.22. The molecule has 1 aromatic heterocycles. The highest BCUT2D eigenvalue weighted by Gasteiger charge is 2.18. The Labute approximate surface area is 200 Å². The molecule has 1 heterocycles. The van der Waals surface area contributed by atoms with Crippen molar-refractivity contribution < 1.29 is 9.72 Å². The van der Waals surface area contributed by atoms with E-state index in [-0.39, 0.29) is 17.2 Å². The molecule has 7 nitrogen and oxygen atoms in total. The number of hydrogen-bond acceptors (Lipinski definition) is 6. The van der Waals surface area contributed by atoms with Crippen molar-refractivity contribution in [2.45, 2.75) is 18.5 Å². The molecule has 0 atom stereocenters. The Bertz CT molecular complexity index is 1440. The van der Waals surface area contributed by atoms with Gasteiger partial charge in [-0.15, -0.1) is 5.10 Å². The Morgan fingerprint density at radius 3 is 2.59 bits per heavy atom. The molecule has 0 aliphatic heterocycles. The second-order valence-corrected chi connectivity index (χ2v) is 9.05. The summed E-state index contributed by atoms with van der Waals surface area (Å²) in [5.74, 6) is 0.712. The summed E-state index contributed by atoms with van der Waals surface area (Å²) in [7, 11) is 0. The number of carbonyl (C=O) groups excluding carboxylic acids is 1. The van der Waals surface area contributed by atoms with Gasteiger partial charge >= 0.3 is 0 Å². The van der Waals surface area contributed by atoms with Crippen LogP contribution in [0.4, 0.5) is 5.69 Å². The molecule has 1 aliphatic rings. The number of nitrogens with zero attached hydrogens (tertiary/aromatic N) is 3. The molecule has 0 saturated heterocycles. The highest BCUT2D eigenvalue weighted by Crippen LogP contribution is 2.36. The van der Waals surface area contributed by atoms with Crippen LogP contribution >= 0.6 is 11.8 Å². The zero-order valence-corrected chi connectivity index (χ0v) is 19.1. The van der Waals surface area contributed by atoms with E-state index in [2.05, 4.69) is 45.5 Å². The van der Waals surface area contributed by atoms with Gasteiger partial charge in [0.1, 0.15) is 5.78 Å². The summed E-state index contributed by atoms with van der Waals surface area (Å²) in [6.45, 7) is 1.50. The highest BCUT2D eigenvalue weighted by atomic mass is 32.2. The van der Waals surface area contributed by atoms with Gasteiger partial charge in [0.2, 0.25) is 5.16 Å². The van der Waals surface area contributed by atoms with Crippen molar-refractivity contribution in [3.05, 3.63) is 93.5 Å². The molecule has 8 heteroatoms. The van der Waals surface area contributed by atoms with Crippen LogP contribution in [0, 0.1) is 10.1 Å². The number of benzene rings is 3. The number of nitro groups is 1. The van der Waals surface area contributed by atoms with Crippen molar-refractivity contribution >= 4 is 34.9 Å². The van der Waals surface area contributed by atoms with E-state index in [1.807, 2.05) is 30.3 Å². The number of ketones is 1. The maximum atomic E-state index is 11.6. The average Bonchev–Trinajstić information content (AvgIpc) is 3.50. The van der Waals surface area contributed by atoms with Gasteiger partial charge in [0.15, 0.2) is 5.82 Å². The normalized spacial score (nSPS) is 12.3. The fourth-order valence-electron chi connectivity index (χ4n) is 3.98. The van der Waals surface area contributed by atoms with E-state index in [9.17, 15) is 14.9 Å². The van der Waals surface area contributed by atoms with Crippen molar-refractivity contribution in [1.82, 2.24) is 15.2 Å². The van der Waals surface area contributed by atoms with Gasteiger partial charge in [0, 0.05) is 17.7 Å². The van der Waals surface area contributed by atoms with Crippen LogP contribution in [0.5, 0.6) is 0 Å². The van der Waals surface area contributed by atoms with Crippen molar-refractivity contribution in [3.8, 4) is 22.5 Å². The van der Waals surface area contributed by atoms with Gasteiger partial charge in [-0.1, -0.05) is 60.3 Å². The summed E-state index contributed by atoms with van der Waals surface area (Å²) < 4.78 is 0. The molecule has 0 amide bonds. The van der Waals surface area contributed by atoms with E-state index in [1.54, 1.807) is 6.07 Å². The second kappa shape index (κ2) is 9.07. The molecule has 3 aromatic carbocycles. The number of carbonyl (C=O) groups is 1. The zero-order valence-electron chi connectivity index (χ0n) is 18.3. The Balaban J connectivity index is 1.50. The number of nitro benzene ring substituents is 1. The smallest absolute Gasteiger partial charge is 0.270 e. The molecular formula is C26H20N4O3S. The molecule has 1 aliphatic carbocycles. The maximum Gasteiger partial charge on any atom is 0.270 e. The summed E-state index contributed by atoms with van der Waals surface area (Å²) in [5, 5.41) is 19.0. The number of thioether (sulfide) groups is 1. The maximum absolute atomic E-state index is 11.6. The number of fused-ring (bicyclic) bond motifs is 1. The lowest BCUT2D eigenvalue weighted by Gasteiger charge is -2.07. The van der Waals surface area contributed by atoms with Crippen molar-refractivity contribution in [3.63, 3.8) is 0 Å². The van der Waals surface area contributed by atoms with E-state index in [1.165, 1.54) is 41.5 Å². The van der Waals surface area contributed by atoms with Crippen LogP contribution in [0.1, 0.15) is 23.6 Å². The van der Waals surface area contributed by atoms with Crippen LogP contribution < -0.4 is 0 Å². The SMILES string of the molecule is CC(=O)CSc1n[nH]c(-c2cc(-c3ccc4c(c3)C=C(c3ccccc3)C4)cc([N+](=O)[O-])c2)n1. The standard InChI is InChI=1S/C26H20N4O3S/c1-16(31)15-34-26-27-25(28-29-26)23-12-22(13-24(14-23)30(32)33)19-8-7-18-9-20(11-21(18)10-19)17-5-3-2-4-6-17/h2-8,10-14H,9,15H2,1H3,(H,27,28,29). The Morgan fingerprint density at radius 1 is 1.03 bits per heavy atom. The number of allylic oxidation sites excluding steroid dienone is 1. The zero-order chi connectivity index (χ0) is 23.7. The van der Waals surface area contributed by atoms with Gasteiger partial charge in [0.05, 0.1) is 10.7 Å². The van der Waals surface area contributed by atoms with E-state index >= 15 is 0 Å². The van der Waals surface area contributed by atoms with Crippen LogP contribution in [-0.2, 0) is 11.2 Å². The summed E-state index contributed by atoms with van der Waals surface area (Å²) in [6, 6.07) is 21.3. The third kappa shape index (κ3) is 4.53. The highest BCUT2D eigenvalue weighted by molar-refractivity contribution is 7.99. The lowest BCUT2D eigenvalue weighted by Crippen LogP contribution is -1.93. The molecule has 168 valence electrons. The van der Waals surface area contributed by atoms with Crippen LogP contribution in [0.2, 0.25) is 0 Å². The number of hydrogen-bond donors (Lipinski definition) is 1. The number of aromatic amines is 1. The van der Waals surface area contributed by atoms with Crippen LogP contribution in [0.15, 0.2) is 71.9 Å². The summed E-state index contributed by atoms with van der Waals surface area (Å²) in [5.41, 5.74) is 6.95. The predicted molar refractivity (Wildman–Crippen MR) is 133 cm³/mol. The summed E-state index contributed by atoms with van der Waals surface area (Å²) in [4.78, 5) is 26.9. The third-order valence-corrected chi connectivity index (χ3v) is 6.60. The molecule has 0 fully saturated rings. The van der Waals surface area contributed by atoms with E-state index < -0.39 is 4.92 Å². The number of H-pyrrole nitrogens is 1. The molecule has 4 aromatic rings. The van der Waals surface area contributed by atoms with E-state index in [4.69, 9.17) is 0 Å². The van der Waals surface area contributed by atoms with Crippen LogP contribution in [0.3, 0.4) is 0 Å². The minimum Gasteiger partial charge on any atom is -0.299 e. The average molecular weight is 469 g/mol. The number of aromatic nitrogens is 3. The molecule has 0 saturated carbocycles. The Hall–Kier alpha value is -4.04. The van der Waals surface area contributed by atoms with Crippen molar-refractivity contribution in [2.24, 2.45) is 0 Å². The topological polar surface area (TPSA) is 102 Å². The fraction of sp³-hybridized carbons (Fsp3) is 0.115. The number of rotatable bonds is 7. The first-order chi connectivity index (χ1) is 16.5. The molecule has 0 unspecified atom stereocenters. The van der Waals surface area contributed by atoms with Gasteiger partial charge in [-0.25, -0.2) is 4.98 Å². The van der Waals surface area contributed by atoms with Gasteiger partial charge in [-0.2, -0.15) is 0 Å². The predicted octanol–water partition coefficient (Wildman–Crippen LogP) is 5.82. The monoisotopic (exact) mass is 468 g/mol. The molecule has 0 bridgehead atoms. The second-order valence-electron chi connectivity index (χ2n) is 8.11. The van der Waals surface area contributed by atoms with Gasteiger partial charge in [-0.05, 0) is 58.9 Å². The van der Waals surface area contributed by atoms with Crippen molar-refractivity contribution in [1.29, 1.82) is 0 Å². The van der Waals surface area contributed by atoms with Gasteiger partial charge < -0.3 is 0 Å². The first kappa shape index (κ1) is 21.8. The Morgan fingerprint density at radius 2 is 1.82 bits per heavy atom. The first-order valence-electron chi connectivity index (χ1n) is 10.7. The quantitative estimate of drug-likeness (QED) is 0.208. The van der Waals surface area contributed by atoms with E-state index in [0.717, 1.165) is 23.1 Å². The van der Waals surface area contributed by atoms with Crippen LogP contribution in [-0.4, -0.2) is 31.6 Å². The van der Waals surface area contributed by atoms with E-state index in [0.29, 0.717) is 16.5 Å². The molecule has 0 spiro atoms. The third-order valence-electron chi connectivity index (χ3n) is 5.61. The molecule has 34 heavy (non-hydrogen) atoms. The minimum atomic E-state index is -0.407. The number of nitrogens with one attached hydrogen (secondary N) is 1. The minimum absolute atomic E-state index is 0.0232.